The fourth-order valence-electron chi connectivity index (χ4n) is 0.884. The van der Waals surface area contributed by atoms with E-state index in [2.05, 4.69) is 10.1 Å². The van der Waals surface area contributed by atoms with Gasteiger partial charge in [0.05, 0.1) is 6.20 Å². The zero-order valence-electron chi connectivity index (χ0n) is 5.67. The standard InChI is InChI=1S/C5H3ClN4O2/c6-2-1-7-10-3(2)8-4(11)9-5(10)12/h1H,(H2,8,9,11,12). The molecule has 0 aliphatic carbocycles. The zero-order valence-corrected chi connectivity index (χ0v) is 6.42. The van der Waals surface area contributed by atoms with E-state index in [1.165, 1.54) is 6.20 Å². The molecule has 2 aromatic rings. The first-order chi connectivity index (χ1) is 5.68. The lowest BCUT2D eigenvalue weighted by molar-refractivity contribution is 0.821. The van der Waals surface area contributed by atoms with Gasteiger partial charge >= 0.3 is 11.4 Å². The van der Waals surface area contributed by atoms with E-state index in [-0.39, 0.29) is 10.7 Å². The van der Waals surface area contributed by atoms with E-state index in [0.29, 0.717) is 0 Å². The summed E-state index contributed by atoms with van der Waals surface area (Å²) in [4.78, 5) is 26.1. The molecule has 0 radical (unpaired) electrons. The summed E-state index contributed by atoms with van der Waals surface area (Å²) in [6, 6.07) is 0. The molecule has 2 heterocycles. The Balaban J connectivity index is 3.13. The lowest BCUT2D eigenvalue weighted by Crippen LogP contribution is -2.28. The molecular weight excluding hydrogens is 184 g/mol. The van der Waals surface area contributed by atoms with Crippen molar-refractivity contribution in [1.29, 1.82) is 0 Å². The average molecular weight is 187 g/mol. The molecule has 0 amide bonds. The predicted molar refractivity (Wildman–Crippen MR) is 41.4 cm³/mol. The second-order valence-corrected chi connectivity index (χ2v) is 2.54. The van der Waals surface area contributed by atoms with Crippen LogP contribution in [0.1, 0.15) is 0 Å². The van der Waals surface area contributed by atoms with E-state index >= 15 is 0 Å². The van der Waals surface area contributed by atoms with Gasteiger partial charge in [-0.15, -0.1) is 0 Å². The first kappa shape index (κ1) is 7.11. The Morgan fingerprint density at radius 3 is 2.92 bits per heavy atom. The van der Waals surface area contributed by atoms with Gasteiger partial charge in [0, 0.05) is 0 Å². The SMILES string of the molecule is O=c1[nH]c(=O)n2ncc(Cl)c2[nH]1. The van der Waals surface area contributed by atoms with Gasteiger partial charge in [-0.3, -0.25) is 9.97 Å². The summed E-state index contributed by atoms with van der Waals surface area (Å²) in [6.07, 6.45) is 1.28. The molecule has 12 heavy (non-hydrogen) atoms. The molecule has 2 aromatic heterocycles. The van der Waals surface area contributed by atoms with E-state index in [9.17, 15) is 9.59 Å². The minimum absolute atomic E-state index is 0.199. The van der Waals surface area contributed by atoms with Gasteiger partial charge in [-0.2, -0.15) is 9.61 Å². The molecule has 0 saturated heterocycles. The van der Waals surface area contributed by atoms with E-state index < -0.39 is 11.4 Å². The van der Waals surface area contributed by atoms with E-state index in [4.69, 9.17) is 11.6 Å². The van der Waals surface area contributed by atoms with Gasteiger partial charge in [-0.05, 0) is 0 Å². The van der Waals surface area contributed by atoms with Crippen molar-refractivity contribution >= 4 is 17.2 Å². The van der Waals surface area contributed by atoms with Crippen molar-refractivity contribution in [3.8, 4) is 0 Å². The highest BCUT2D eigenvalue weighted by molar-refractivity contribution is 6.33. The number of H-pyrrole nitrogens is 2. The molecule has 0 bridgehead atoms. The molecule has 0 aliphatic rings. The van der Waals surface area contributed by atoms with Crippen LogP contribution in [-0.2, 0) is 0 Å². The van der Waals surface area contributed by atoms with Crippen molar-refractivity contribution in [3.05, 3.63) is 32.2 Å². The first-order valence-corrected chi connectivity index (χ1v) is 3.42. The highest BCUT2D eigenvalue weighted by atomic mass is 35.5. The minimum Gasteiger partial charge on any atom is -0.290 e. The normalized spacial score (nSPS) is 10.8. The number of rotatable bonds is 0. The number of aromatic amines is 2. The molecule has 0 saturated carbocycles. The number of nitrogens with one attached hydrogen (secondary N) is 2. The molecule has 0 aliphatic heterocycles. The lowest BCUT2D eigenvalue weighted by atomic mass is 10.7. The molecule has 0 unspecified atom stereocenters. The Hall–Kier alpha value is -1.56. The van der Waals surface area contributed by atoms with Crippen molar-refractivity contribution < 1.29 is 0 Å². The Labute approximate surface area is 69.8 Å². The summed E-state index contributed by atoms with van der Waals surface area (Å²) in [5.41, 5.74) is -1.01. The van der Waals surface area contributed by atoms with E-state index in [1.54, 1.807) is 0 Å². The maximum atomic E-state index is 11.0. The van der Waals surface area contributed by atoms with E-state index in [1.807, 2.05) is 4.98 Å². The Morgan fingerprint density at radius 2 is 2.17 bits per heavy atom. The molecule has 7 heteroatoms. The second-order valence-electron chi connectivity index (χ2n) is 2.14. The minimum atomic E-state index is -0.611. The van der Waals surface area contributed by atoms with Crippen LogP contribution >= 0.6 is 11.6 Å². The largest absolute Gasteiger partial charge is 0.352 e. The Bertz CT molecular complexity index is 536. The summed E-state index contributed by atoms with van der Waals surface area (Å²) in [6.45, 7) is 0. The molecule has 0 aromatic carbocycles. The van der Waals surface area contributed by atoms with Gasteiger partial charge in [-0.1, -0.05) is 11.6 Å². The third-order valence-electron chi connectivity index (χ3n) is 1.37. The zero-order chi connectivity index (χ0) is 8.72. The number of halogens is 1. The van der Waals surface area contributed by atoms with Gasteiger partial charge in [0.15, 0.2) is 5.65 Å². The first-order valence-electron chi connectivity index (χ1n) is 3.04. The van der Waals surface area contributed by atoms with Gasteiger partial charge in [0.2, 0.25) is 0 Å². The van der Waals surface area contributed by atoms with Crippen LogP contribution in [-0.4, -0.2) is 19.6 Å². The molecule has 6 nitrogen and oxygen atoms in total. The van der Waals surface area contributed by atoms with Crippen LogP contribution in [0.4, 0.5) is 0 Å². The maximum Gasteiger partial charge on any atom is 0.352 e. The number of hydrogen-bond donors (Lipinski definition) is 2. The fourth-order valence-corrected chi connectivity index (χ4v) is 1.05. The lowest BCUT2D eigenvalue weighted by Gasteiger charge is -1.88. The van der Waals surface area contributed by atoms with Crippen LogP contribution in [0, 0.1) is 0 Å². The molecule has 2 rings (SSSR count). The Kier molecular flexibility index (Phi) is 1.31. The van der Waals surface area contributed by atoms with Gasteiger partial charge < -0.3 is 0 Å². The van der Waals surface area contributed by atoms with Gasteiger partial charge in [-0.25, -0.2) is 9.59 Å². The number of aromatic nitrogens is 4. The summed E-state index contributed by atoms with van der Waals surface area (Å²) < 4.78 is 0.976. The van der Waals surface area contributed by atoms with Crippen molar-refractivity contribution in [1.82, 2.24) is 19.6 Å². The van der Waals surface area contributed by atoms with Crippen LogP contribution in [0.15, 0.2) is 15.8 Å². The number of hydrogen-bond acceptors (Lipinski definition) is 3. The summed E-state index contributed by atoms with van der Waals surface area (Å²) >= 11 is 5.61. The predicted octanol–water partition coefficient (Wildman–Crippen LogP) is -0.636. The van der Waals surface area contributed by atoms with Gasteiger partial charge in [0.25, 0.3) is 0 Å². The van der Waals surface area contributed by atoms with Crippen LogP contribution in [0.5, 0.6) is 0 Å². The Morgan fingerprint density at radius 1 is 1.42 bits per heavy atom. The highest BCUT2D eigenvalue weighted by Gasteiger charge is 2.04. The number of fused-ring (bicyclic) bond motifs is 1. The molecule has 0 fully saturated rings. The van der Waals surface area contributed by atoms with Gasteiger partial charge in [0.1, 0.15) is 5.02 Å². The molecular formula is C5H3ClN4O2. The van der Waals surface area contributed by atoms with Crippen molar-refractivity contribution in [2.24, 2.45) is 0 Å². The second kappa shape index (κ2) is 2.21. The third kappa shape index (κ3) is 0.850. The molecule has 2 N–H and O–H groups in total. The molecule has 0 atom stereocenters. The van der Waals surface area contributed by atoms with Crippen LogP contribution in [0.3, 0.4) is 0 Å². The third-order valence-corrected chi connectivity index (χ3v) is 1.65. The van der Waals surface area contributed by atoms with Crippen molar-refractivity contribution in [3.63, 3.8) is 0 Å². The fraction of sp³-hybridized carbons (Fsp3) is 0. The smallest absolute Gasteiger partial charge is 0.290 e. The summed E-state index contributed by atoms with van der Waals surface area (Å²) in [5, 5.41) is 3.86. The van der Waals surface area contributed by atoms with Crippen molar-refractivity contribution in [2.75, 3.05) is 0 Å². The molecule has 62 valence electrons. The monoisotopic (exact) mass is 186 g/mol. The highest BCUT2D eigenvalue weighted by Crippen LogP contribution is 2.09. The summed E-state index contributed by atoms with van der Waals surface area (Å²) in [7, 11) is 0. The van der Waals surface area contributed by atoms with Crippen LogP contribution in [0.2, 0.25) is 5.02 Å². The van der Waals surface area contributed by atoms with Crippen LogP contribution in [0.25, 0.3) is 5.65 Å². The topological polar surface area (TPSA) is 83.0 Å². The average Bonchev–Trinajstić information content (AvgIpc) is 2.33. The summed E-state index contributed by atoms with van der Waals surface area (Å²) in [5.74, 6) is 0. The van der Waals surface area contributed by atoms with E-state index in [0.717, 1.165) is 4.52 Å². The van der Waals surface area contributed by atoms with Crippen molar-refractivity contribution in [2.45, 2.75) is 0 Å². The molecule has 0 spiro atoms. The maximum absolute atomic E-state index is 11.0. The van der Waals surface area contributed by atoms with Crippen LogP contribution < -0.4 is 11.4 Å². The quantitative estimate of drug-likeness (QED) is 0.574. The number of nitrogens with zero attached hydrogens (tertiary/aromatic N) is 2.